The molecule has 3 fully saturated rings. The Morgan fingerprint density at radius 1 is 1.16 bits per heavy atom. The smallest absolute Gasteiger partial charge is 0.329 e. The zero-order valence-electron chi connectivity index (χ0n) is 18.1. The molecule has 2 aromatic rings. The highest BCUT2D eigenvalue weighted by Crippen LogP contribution is 2.34. The number of rotatable bonds is 4. The van der Waals surface area contributed by atoms with E-state index in [2.05, 4.69) is 25.5 Å². The van der Waals surface area contributed by atoms with Crippen molar-refractivity contribution in [2.75, 3.05) is 62.2 Å². The van der Waals surface area contributed by atoms with E-state index in [0.717, 1.165) is 51.7 Å². The van der Waals surface area contributed by atoms with Crippen LogP contribution in [0.25, 0.3) is 10.9 Å². The quantitative estimate of drug-likeness (QED) is 0.708. The molecule has 0 bridgehead atoms. The third-order valence-corrected chi connectivity index (χ3v) is 6.61. The lowest BCUT2D eigenvalue weighted by molar-refractivity contribution is -0.120. The molecule has 0 radical (unpaired) electrons. The summed E-state index contributed by atoms with van der Waals surface area (Å²) in [4.78, 5) is 29.7. The number of aryl methyl sites for hydroxylation is 1. The molecular weight excluding hydrogens is 437 g/mol. The van der Waals surface area contributed by atoms with Gasteiger partial charge in [0, 0.05) is 58.1 Å². The Balaban J connectivity index is 0.00000245. The number of piperazine rings is 1. The van der Waals surface area contributed by atoms with E-state index >= 15 is 4.39 Å². The minimum absolute atomic E-state index is 0. The average molecular weight is 466 g/mol. The Kier molecular flexibility index (Phi) is 6.55. The van der Waals surface area contributed by atoms with Gasteiger partial charge in [0.05, 0.1) is 5.69 Å². The maximum atomic E-state index is 15.6. The summed E-state index contributed by atoms with van der Waals surface area (Å²) in [5, 5.41) is 10.7. The summed E-state index contributed by atoms with van der Waals surface area (Å²) in [6, 6.07) is 3.09. The molecule has 174 valence electrons. The zero-order valence-corrected chi connectivity index (χ0v) is 19.0. The van der Waals surface area contributed by atoms with Crippen molar-refractivity contribution in [2.24, 2.45) is 13.0 Å². The monoisotopic (exact) mass is 465 g/mol. The van der Waals surface area contributed by atoms with Gasteiger partial charge in [-0.15, -0.1) is 12.4 Å². The Morgan fingerprint density at radius 2 is 1.94 bits per heavy atom. The van der Waals surface area contributed by atoms with Gasteiger partial charge in [-0.3, -0.25) is 24.6 Å². The molecule has 0 aliphatic carbocycles. The Morgan fingerprint density at radius 3 is 2.62 bits per heavy atom. The molecule has 3 aliphatic rings. The molecule has 3 aliphatic heterocycles. The first-order valence-corrected chi connectivity index (χ1v) is 11.0. The van der Waals surface area contributed by atoms with Gasteiger partial charge in [-0.05, 0) is 37.6 Å². The number of nitrogens with one attached hydrogen (secondary N) is 2. The second-order valence-corrected chi connectivity index (χ2v) is 8.64. The van der Waals surface area contributed by atoms with E-state index in [1.807, 2.05) is 6.07 Å². The molecule has 0 saturated carbocycles. The van der Waals surface area contributed by atoms with E-state index in [1.54, 1.807) is 13.1 Å². The summed E-state index contributed by atoms with van der Waals surface area (Å²) in [5.74, 6) is 0.469. The van der Waals surface area contributed by atoms with E-state index in [-0.39, 0.29) is 37.1 Å². The van der Waals surface area contributed by atoms with Crippen LogP contribution >= 0.6 is 12.4 Å². The van der Waals surface area contributed by atoms with Crippen LogP contribution in [0.3, 0.4) is 0 Å². The fourth-order valence-electron chi connectivity index (χ4n) is 4.91. The molecule has 11 heteroatoms. The standard InChI is InChI=1S/C21H28FN7O2.ClH/c1-26-19-15(20(25-26)29-7-5-17(30)24-21(29)31)2-3-16(18(19)22)28-10-8-27(9-11-28)13-14-4-6-23-12-14;/h2-3,14,23H,4-13H2,1H3,(H,24,30,31);1H/t14-;/m1./s1. The first-order chi connectivity index (χ1) is 15.0. The minimum Gasteiger partial charge on any atom is -0.367 e. The van der Waals surface area contributed by atoms with E-state index < -0.39 is 6.03 Å². The van der Waals surface area contributed by atoms with Gasteiger partial charge in [0.15, 0.2) is 11.6 Å². The summed E-state index contributed by atoms with van der Waals surface area (Å²) >= 11 is 0. The second kappa shape index (κ2) is 9.21. The lowest BCUT2D eigenvalue weighted by Crippen LogP contribution is -2.49. The average Bonchev–Trinajstić information content (AvgIpc) is 3.37. The topological polar surface area (TPSA) is 85.7 Å². The van der Waals surface area contributed by atoms with Crippen LogP contribution in [0.5, 0.6) is 0 Å². The molecule has 1 aromatic heterocycles. The van der Waals surface area contributed by atoms with Gasteiger partial charge in [-0.25, -0.2) is 9.18 Å². The Labute approximate surface area is 192 Å². The predicted molar refractivity (Wildman–Crippen MR) is 123 cm³/mol. The fraction of sp³-hybridized carbons (Fsp3) is 0.571. The number of halogens is 2. The van der Waals surface area contributed by atoms with Crippen LogP contribution in [-0.2, 0) is 11.8 Å². The van der Waals surface area contributed by atoms with Crippen LogP contribution in [0, 0.1) is 11.7 Å². The van der Waals surface area contributed by atoms with Crippen molar-refractivity contribution in [3.63, 3.8) is 0 Å². The van der Waals surface area contributed by atoms with Crippen LogP contribution in [-0.4, -0.2) is 79.0 Å². The van der Waals surface area contributed by atoms with Crippen molar-refractivity contribution in [1.82, 2.24) is 25.3 Å². The van der Waals surface area contributed by atoms with Gasteiger partial charge in [0.2, 0.25) is 5.91 Å². The van der Waals surface area contributed by atoms with Crippen LogP contribution in [0.2, 0.25) is 0 Å². The van der Waals surface area contributed by atoms with Crippen molar-refractivity contribution >= 4 is 46.8 Å². The molecule has 0 spiro atoms. The molecule has 2 N–H and O–H groups in total. The first kappa shape index (κ1) is 22.8. The van der Waals surface area contributed by atoms with E-state index in [0.29, 0.717) is 22.4 Å². The van der Waals surface area contributed by atoms with Crippen LogP contribution in [0.1, 0.15) is 12.8 Å². The summed E-state index contributed by atoms with van der Waals surface area (Å²) in [7, 11) is 1.68. The van der Waals surface area contributed by atoms with Gasteiger partial charge < -0.3 is 10.2 Å². The number of nitrogens with zero attached hydrogens (tertiary/aromatic N) is 5. The summed E-state index contributed by atoms with van der Waals surface area (Å²) in [6.07, 6.45) is 1.43. The molecule has 4 heterocycles. The normalized spacial score (nSPS) is 22.4. The number of hydrogen-bond donors (Lipinski definition) is 2. The molecule has 5 rings (SSSR count). The van der Waals surface area contributed by atoms with Gasteiger partial charge in [-0.2, -0.15) is 5.10 Å². The number of anilines is 2. The molecule has 1 atom stereocenters. The lowest BCUT2D eigenvalue weighted by Gasteiger charge is -2.37. The van der Waals surface area contributed by atoms with Crippen LogP contribution in [0.15, 0.2) is 12.1 Å². The van der Waals surface area contributed by atoms with E-state index in [1.165, 1.54) is 16.0 Å². The molecule has 3 saturated heterocycles. The number of fused-ring (bicyclic) bond motifs is 1. The van der Waals surface area contributed by atoms with Gasteiger partial charge in [0.1, 0.15) is 5.52 Å². The SMILES string of the molecule is Cl.Cn1nc(N2CCC(=O)NC2=O)c2ccc(N3CCN(C[C@@H]4CCNC4)CC3)c(F)c21. The third kappa shape index (κ3) is 4.14. The molecule has 3 amide bonds. The Bertz CT molecular complexity index is 1020. The lowest BCUT2D eigenvalue weighted by atomic mass is 10.1. The van der Waals surface area contributed by atoms with Crippen LogP contribution < -0.4 is 20.4 Å². The number of aromatic nitrogens is 2. The molecular formula is C21H29ClFN7O2. The summed E-state index contributed by atoms with van der Waals surface area (Å²) < 4.78 is 17.1. The first-order valence-electron chi connectivity index (χ1n) is 11.0. The number of benzene rings is 1. The maximum Gasteiger partial charge on any atom is 0.329 e. The summed E-state index contributed by atoms with van der Waals surface area (Å²) in [6.45, 7) is 6.95. The second-order valence-electron chi connectivity index (χ2n) is 8.64. The highest BCUT2D eigenvalue weighted by Gasteiger charge is 2.30. The highest BCUT2D eigenvalue weighted by molar-refractivity contribution is 6.09. The van der Waals surface area contributed by atoms with E-state index in [9.17, 15) is 9.59 Å². The van der Waals surface area contributed by atoms with Crippen molar-refractivity contribution in [1.29, 1.82) is 0 Å². The number of carbonyl (C=O) groups excluding carboxylic acids is 2. The number of urea groups is 1. The molecule has 0 unspecified atom stereocenters. The van der Waals surface area contributed by atoms with Gasteiger partial charge >= 0.3 is 6.03 Å². The van der Waals surface area contributed by atoms with Crippen molar-refractivity contribution in [3.05, 3.63) is 17.9 Å². The van der Waals surface area contributed by atoms with Crippen LogP contribution in [0.4, 0.5) is 20.7 Å². The third-order valence-electron chi connectivity index (χ3n) is 6.61. The largest absolute Gasteiger partial charge is 0.367 e. The Hall–Kier alpha value is -2.43. The molecule has 9 nitrogen and oxygen atoms in total. The summed E-state index contributed by atoms with van der Waals surface area (Å²) in [5.41, 5.74) is 0.944. The fourth-order valence-corrected chi connectivity index (χ4v) is 4.91. The number of carbonyl (C=O) groups is 2. The predicted octanol–water partition coefficient (Wildman–Crippen LogP) is 1.31. The number of imide groups is 1. The highest BCUT2D eigenvalue weighted by atomic mass is 35.5. The zero-order chi connectivity index (χ0) is 21.5. The number of amides is 3. The van der Waals surface area contributed by atoms with Gasteiger partial charge in [0.25, 0.3) is 0 Å². The number of hydrogen-bond acceptors (Lipinski definition) is 6. The van der Waals surface area contributed by atoms with Crippen molar-refractivity contribution in [2.45, 2.75) is 12.8 Å². The molecule has 1 aromatic carbocycles. The molecule has 32 heavy (non-hydrogen) atoms. The van der Waals surface area contributed by atoms with E-state index in [4.69, 9.17) is 0 Å². The minimum atomic E-state index is -0.519. The van der Waals surface area contributed by atoms with Gasteiger partial charge in [-0.1, -0.05) is 0 Å². The maximum absolute atomic E-state index is 15.6. The van der Waals surface area contributed by atoms with Crippen molar-refractivity contribution < 1.29 is 14.0 Å². The van der Waals surface area contributed by atoms with Crippen molar-refractivity contribution in [3.8, 4) is 0 Å².